The molecule has 15 nitrogen and oxygen atoms in total. The number of nitrogens with one attached hydrogen (secondary N) is 2. The maximum atomic E-state index is 13.2. The lowest BCUT2D eigenvalue weighted by molar-refractivity contribution is -0.122. The molecule has 3 heterocycles. The van der Waals surface area contributed by atoms with E-state index in [1.165, 1.54) is 26.2 Å². The van der Waals surface area contributed by atoms with E-state index in [2.05, 4.69) is 31.3 Å². The van der Waals surface area contributed by atoms with Gasteiger partial charge in [0.1, 0.15) is 11.4 Å². The van der Waals surface area contributed by atoms with E-state index < -0.39 is 35.2 Å². The van der Waals surface area contributed by atoms with Gasteiger partial charge in [-0.25, -0.2) is 0 Å². The summed E-state index contributed by atoms with van der Waals surface area (Å²) in [6.45, 7) is 0. The first-order valence-electron chi connectivity index (χ1n) is 16.7. The Bertz CT molecular complexity index is 2550. The molecule has 2 N–H and O–H groups in total. The molecule has 55 heavy (non-hydrogen) atoms. The molecule has 4 aliphatic rings. The number of hydrazone groups is 2. The molecule has 0 saturated carbocycles. The molecule has 0 bridgehead atoms. The summed E-state index contributed by atoms with van der Waals surface area (Å²) in [6, 6.07) is 23.3. The van der Waals surface area contributed by atoms with Gasteiger partial charge < -0.3 is 4.42 Å². The number of hydrogen-bond acceptors (Lipinski definition) is 13. The minimum atomic E-state index is -0.510. The Morgan fingerprint density at radius 1 is 0.509 bits per heavy atom. The molecule has 0 spiro atoms. The summed E-state index contributed by atoms with van der Waals surface area (Å²) in [5.74, 6) is -2.27. The zero-order valence-electron chi connectivity index (χ0n) is 28.8. The number of ketones is 2. The first kappa shape index (κ1) is 32.9. The van der Waals surface area contributed by atoms with E-state index in [0.29, 0.717) is 44.8 Å². The molecular weight excluding hydrogens is 704 g/mol. The van der Waals surface area contributed by atoms with Crippen LogP contribution in [0.2, 0.25) is 0 Å². The molecule has 0 saturated heterocycles. The highest BCUT2D eigenvalue weighted by atomic mass is 16.4. The van der Waals surface area contributed by atoms with Crippen molar-refractivity contribution in [2.45, 2.75) is 0 Å². The van der Waals surface area contributed by atoms with Crippen molar-refractivity contribution in [1.29, 1.82) is 0 Å². The minimum absolute atomic E-state index is 0.0198. The standard InChI is InChI=1S/C40H24N8O7/c1-47-37(51)25-7-3-5-23-31(25)27(39(47)53)17-29(33(23)49)43-41-21-13-9-19(10-14-21)35-45-46-36(55-35)20-11-15-22(16-12-20)42-44-30-18-28-32-24(34(30)50)6-4-8-26(32)38(52)48(2)40(28)54/h3-18,41-42H,1-2H3. The van der Waals surface area contributed by atoms with Crippen LogP contribution in [0.25, 0.3) is 34.1 Å². The van der Waals surface area contributed by atoms with Gasteiger partial charge in [-0.3, -0.25) is 49.4 Å². The van der Waals surface area contributed by atoms with Crippen molar-refractivity contribution < 1.29 is 33.2 Å². The monoisotopic (exact) mass is 728 g/mol. The van der Waals surface area contributed by atoms with Crippen molar-refractivity contribution in [1.82, 2.24) is 20.0 Å². The fourth-order valence-electron chi connectivity index (χ4n) is 6.74. The van der Waals surface area contributed by atoms with Gasteiger partial charge in [-0.1, -0.05) is 24.3 Å². The summed E-state index contributed by atoms with van der Waals surface area (Å²) in [5, 5.41) is 16.9. The topological polar surface area (TPSA) is 197 Å². The van der Waals surface area contributed by atoms with Crippen LogP contribution in [0, 0.1) is 0 Å². The highest BCUT2D eigenvalue weighted by Crippen LogP contribution is 2.36. The molecule has 0 radical (unpaired) electrons. The van der Waals surface area contributed by atoms with Crippen molar-refractivity contribution in [3.63, 3.8) is 0 Å². The molecule has 15 heteroatoms. The van der Waals surface area contributed by atoms with Gasteiger partial charge in [0.15, 0.2) is 0 Å². The molecule has 2 aliphatic heterocycles. The number of Topliss-reactive ketones (excluding diaryl/α,β-unsaturated/α-hetero) is 2. The highest BCUT2D eigenvalue weighted by Gasteiger charge is 2.40. The number of amides is 4. The van der Waals surface area contributed by atoms with Crippen molar-refractivity contribution >= 4 is 69.1 Å². The highest BCUT2D eigenvalue weighted by molar-refractivity contribution is 6.57. The maximum absolute atomic E-state index is 13.2. The number of rotatable bonds is 6. The lowest BCUT2D eigenvalue weighted by Gasteiger charge is -2.29. The Kier molecular flexibility index (Phi) is 7.39. The first-order valence-corrected chi connectivity index (χ1v) is 16.7. The number of hydrogen-bond donors (Lipinski definition) is 2. The van der Waals surface area contributed by atoms with Crippen molar-refractivity contribution in [3.05, 3.63) is 130 Å². The summed E-state index contributed by atoms with van der Waals surface area (Å²) in [6.07, 6.45) is 2.78. The number of carbonyl (C=O) groups is 6. The number of aromatic nitrogens is 2. The van der Waals surface area contributed by atoms with Crippen molar-refractivity contribution in [3.8, 4) is 22.9 Å². The predicted molar refractivity (Wildman–Crippen MR) is 199 cm³/mol. The number of allylic oxidation sites excluding steroid dienone is 2. The summed E-state index contributed by atoms with van der Waals surface area (Å²) < 4.78 is 5.93. The molecule has 2 aliphatic carbocycles. The number of benzene rings is 4. The van der Waals surface area contributed by atoms with Gasteiger partial charge in [-0.2, -0.15) is 10.2 Å². The second-order valence-electron chi connectivity index (χ2n) is 12.9. The van der Waals surface area contributed by atoms with Crippen molar-refractivity contribution in [2.75, 3.05) is 24.9 Å². The van der Waals surface area contributed by atoms with Crippen LogP contribution in [-0.2, 0) is 9.59 Å². The van der Waals surface area contributed by atoms with Gasteiger partial charge in [0, 0.05) is 58.6 Å². The third-order valence-corrected chi connectivity index (χ3v) is 9.62. The largest absolute Gasteiger partial charge is 0.416 e. The van der Waals surface area contributed by atoms with Crippen LogP contribution in [-0.4, -0.2) is 80.7 Å². The SMILES string of the molecule is CN1C(=O)C2=CC(=NNc3ccc(-c4nnc(-c5ccc(NN=C6C=C7C(=O)N(C)C(=O)c8cccc(c87)C6=O)cc5)o4)cc3)C(=O)c3cccc(c32)C1=O. The molecule has 4 aromatic carbocycles. The van der Waals surface area contributed by atoms with E-state index in [1.807, 2.05) is 0 Å². The number of anilines is 2. The summed E-state index contributed by atoms with van der Waals surface area (Å²) in [7, 11) is 2.79. The summed E-state index contributed by atoms with van der Waals surface area (Å²) in [5.41, 5.74) is 10.3. The fraction of sp³-hybridized carbons (Fsp3) is 0.0500. The normalized spacial score (nSPS) is 17.3. The molecule has 5 aromatic rings. The van der Waals surface area contributed by atoms with Gasteiger partial charge in [-0.05, 0) is 72.8 Å². The van der Waals surface area contributed by atoms with E-state index in [4.69, 9.17) is 4.42 Å². The Balaban J connectivity index is 0.882. The molecule has 266 valence electrons. The zero-order chi connectivity index (χ0) is 38.1. The second-order valence-corrected chi connectivity index (χ2v) is 12.9. The molecule has 0 fully saturated rings. The van der Waals surface area contributed by atoms with Crippen LogP contribution >= 0.6 is 0 Å². The Morgan fingerprint density at radius 2 is 0.891 bits per heavy atom. The fourth-order valence-corrected chi connectivity index (χ4v) is 6.74. The van der Waals surface area contributed by atoms with Gasteiger partial charge in [-0.15, -0.1) is 10.2 Å². The third-order valence-electron chi connectivity index (χ3n) is 9.62. The Hall–Kier alpha value is -7.94. The van der Waals surface area contributed by atoms with Gasteiger partial charge in [0.25, 0.3) is 23.6 Å². The van der Waals surface area contributed by atoms with Crippen LogP contribution in [0.4, 0.5) is 11.4 Å². The Morgan fingerprint density at radius 3 is 1.29 bits per heavy atom. The molecule has 9 rings (SSSR count). The van der Waals surface area contributed by atoms with Crippen LogP contribution < -0.4 is 10.9 Å². The quantitative estimate of drug-likeness (QED) is 0.181. The lowest BCUT2D eigenvalue weighted by atomic mass is 9.82. The van der Waals surface area contributed by atoms with Gasteiger partial charge in [0.2, 0.25) is 23.3 Å². The predicted octanol–water partition coefficient (Wildman–Crippen LogP) is 4.72. The smallest absolute Gasteiger partial charge is 0.261 e. The third kappa shape index (κ3) is 5.21. The molecule has 1 aromatic heterocycles. The van der Waals surface area contributed by atoms with E-state index in [0.717, 1.165) is 9.80 Å². The average molecular weight is 729 g/mol. The number of imide groups is 2. The van der Waals surface area contributed by atoms with Crippen LogP contribution in [0.3, 0.4) is 0 Å². The minimum Gasteiger partial charge on any atom is -0.416 e. The number of carbonyl (C=O) groups excluding carboxylic acids is 6. The van der Waals surface area contributed by atoms with Crippen LogP contribution in [0.5, 0.6) is 0 Å². The molecule has 0 atom stereocenters. The van der Waals surface area contributed by atoms with Crippen molar-refractivity contribution in [2.24, 2.45) is 10.2 Å². The zero-order valence-corrected chi connectivity index (χ0v) is 28.8. The molecule has 4 amide bonds. The lowest BCUT2D eigenvalue weighted by Crippen LogP contribution is -2.41. The van der Waals surface area contributed by atoms with Crippen LogP contribution in [0.1, 0.15) is 52.6 Å². The van der Waals surface area contributed by atoms with E-state index in [1.54, 1.807) is 84.9 Å². The first-order chi connectivity index (χ1) is 26.6. The maximum Gasteiger partial charge on any atom is 0.261 e. The summed E-state index contributed by atoms with van der Waals surface area (Å²) in [4.78, 5) is 79.5. The average Bonchev–Trinajstić information content (AvgIpc) is 3.71. The number of likely N-dealkylation sites (N-methyl/N-ethyl adjacent to an activating group) is 2. The van der Waals surface area contributed by atoms with E-state index in [-0.39, 0.29) is 45.5 Å². The van der Waals surface area contributed by atoms with Crippen LogP contribution in [0.15, 0.2) is 112 Å². The molecule has 0 unspecified atom stereocenters. The van der Waals surface area contributed by atoms with E-state index >= 15 is 0 Å². The molecular formula is C40H24N8O7. The Labute approximate surface area is 310 Å². The number of nitrogens with zero attached hydrogens (tertiary/aromatic N) is 6. The van der Waals surface area contributed by atoms with Gasteiger partial charge >= 0.3 is 0 Å². The van der Waals surface area contributed by atoms with Gasteiger partial charge in [0.05, 0.1) is 22.5 Å². The second kappa shape index (κ2) is 12.3. The van der Waals surface area contributed by atoms with E-state index in [9.17, 15) is 28.8 Å². The summed E-state index contributed by atoms with van der Waals surface area (Å²) >= 11 is 0.